The zero-order valence-corrected chi connectivity index (χ0v) is 17.4. The van der Waals surface area contributed by atoms with Crippen LogP contribution < -0.4 is 0 Å². The van der Waals surface area contributed by atoms with Crippen LogP contribution in [0.3, 0.4) is 0 Å². The second-order valence-electron chi connectivity index (χ2n) is 7.07. The summed E-state index contributed by atoms with van der Waals surface area (Å²) in [5.41, 5.74) is 0. The standard InChI is InChI=1S/C22H42O5/c1-2-3-4-11-14-21(24)15-12-9-7-5-6-8-10-13-16-22(25)27-20-19-26-18-17-23/h9,12,21,23-24H,2-8,10-11,13-20H2,1H3/b12-9+/t21-/m1/s1. The monoisotopic (exact) mass is 386 g/mol. The molecule has 0 aliphatic carbocycles. The molecule has 0 aliphatic rings. The van der Waals surface area contributed by atoms with Gasteiger partial charge >= 0.3 is 5.97 Å². The Bertz CT molecular complexity index is 344. The summed E-state index contributed by atoms with van der Waals surface area (Å²) in [5.74, 6) is -0.168. The Morgan fingerprint density at radius 1 is 0.926 bits per heavy atom. The number of aliphatic hydroxyl groups excluding tert-OH is 2. The van der Waals surface area contributed by atoms with E-state index < -0.39 is 0 Å². The number of allylic oxidation sites excluding steroid dienone is 1. The Balaban J connectivity index is 3.30. The lowest BCUT2D eigenvalue weighted by Crippen LogP contribution is -2.11. The fraction of sp³-hybridized carbons (Fsp3) is 0.864. The largest absolute Gasteiger partial charge is 0.463 e. The number of hydrogen-bond acceptors (Lipinski definition) is 5. The molecule has 0 bridgehead atoms. The molecule has 0 heterocycles. The summed E-state index contributed by atoms with van der Waals surface area (Å²) in [7, 11) is 0. The lowest BCUT2D eigenvalue weighted by atomic mass is 10.1. The molecular formula is C22H42O5. The molecule has 2 N–H and O–H groups in total. The van der Waals surface area contributed by atoms with E-state index >= 15 is 0 Å². The highest BCUT2D eigenvalue weighted by Gasteiger charge is 2.02. The third-order valence-electron chi connectivity index (χ3n) is 4.44. The molecule has 0 aliphatic heterocycles. The number of ether oxygens (including phenoxy) is 2. The summed E-state index contributed by atoms with van der Waals surface area (Å²) < 4.78 is 10.1. The first kappa shape index (κ1) is 26.1. The molecule has 0 aromatic carbocycles. The molecule has 0 fully saturated rings. The summed E-state index contributed by atoms with van der Waals surface area (Å²) in [6, 6.07) is 0. The van der Waals surface area contributed by atoms with Crippen molar-refractivity contribution in [2.75, 3.05) is 26.4 Å². The number of aliphatic hydroxyl groups is 2. The van der Waals surface area contributed by atoms with Crippen molar-refractivity contribution < 1.29 is 24.5 Å². The van der Waals surface area contributed by atoms with Gasteiger partial charge in [0.1, 0.15) is 6.61 Å². The molecule has 160 valence electrons. The topological polar surface area (TPSA) is 76.0 Å². The minimum Gasteiger partial charge on any atom is -0.463 e. The van der Waals surface area contributed by atoms with Crippen molar-refractivity contribution >= 4 is 5.97 Å². The first-order chi connectivity index (χ1) is 13.2. The summed E-state index contributed by atoms with van der Waals surface area (Å²) in [6.45, 7) is 3.08. The van der Waals surface area contributed by atoms with Crippen molar-refractivity contribution in [2.24, 2.45) is 0 Å². The van der Waals surface area contributed by atoms with Crippen molar-refractivity contribution in [1.29, 1.82) is 0 Å². The minimum atomic E-state index is -0.181. The third-order valence-corrected chi connectivity index (χ3v) is 4.44. The summed E-state index contributed by atoms with van der Waals surface area (Å²) >= 11 is 0. The van der Waals surface area contributed by atoms with Crippen LogP contribution in [0.1, 0.15) is 90.4 Å². The second-order valence-corrected chi connectivity index (χ2v) is 7.07. The maximum atomic E-state index is 11.5. The van der Waals surface area contributed by atoms with Crippen LogP contribution in [0, 0.1) is 0 Å². The van der Waals surface area contributed by atoms with Gasteiger partial charge in [-0.2, -0.15) is 0 Å². The zero-order chi connectivity index (χ0) is 20.0. The Labute approximate surface area is 166 Å². The van der Waals surface area contributed by atoms with Gasteiger partial charge in [-0.05, 0) is 32.1 Å². The summed E-state index contributed by atoms with van der Waals surface area (Å²) in [5, 5.41) is 18.4. The van der Waals surface area contributed by atoms with Gasteiger partial charge in [0.05, 0.1) is 25.9 Å². The molecule has 27 heavy (non-hydrogen) atoms. The van der Waals surface area contributed by atoms with Gasteiger partial charge in [0, 0.05) is 6.42 Å². The smallest absolute Gasteiger partial charge is 0.305 e. The normalized spacial score (nSPS) is 12.6. The summed E-state index contributed by atoms with van der Waals surface area (Å²) in [6.07, 6.45) is 17.6. The van der Waals surface area contributed by atoms with Crippen molar-refractivity contribution in [2.45, 2.75) is 96.5 Å². The first-order valence-electron chi connectivity index (χ1n) is 10.9. The van der Waals surface area contributed by atoms with Crippen LogP contribution in [0.5, 0.6) is 0 Å². The molecule has 0 spiro atoms. The highest BCUT2D eigenvalue weighted by atomic mass is 16.6. The van der Waals surface area contributed by atoms with Crippen LogP contribution in [0.4, 0.5) is 0 Å². The molecule has 5 heteroatoms. The lowest BCUT2D eigenvalue weighted by Gasteiger charge is -2.07. The van der Waals surface area contributed by atoms with E-state index in [1.807, 2.05) is 0 Å². The van der Waals surface area contributed by atoms with E-state index in [0.29, 0.717) is 13.0 Å². The van der Waals surface area contributed by atoms with Gasteiger partial charge in [-0.15, -0.1) is 0 Å². The molecule has 1 atom stereocenters. The highest BCUT2D eigenvalue weighted by molar-refractivity contribution is 5.69. The van der Waals surface area contributed by atoms with E-state index in [4.69, 9.17) is 14.6 Å². The molecule has 0 rings (SSSR count). The van der Waals surface area contributed by atoms with E-state index in [9.17, 15) is 9.90 Å². The van der Waals surface area contributed by atoms with E-state index in [0.717, 1.165) is 51.4 Å². The Hall–Kier alpha value is -0.910. The van der Waals surface area contributed by atoms with E-state index in [2.05, 4.69) is 19.1 Å². The number of carbonyl (C=O) groups is 1. The number of carbonyl (C=O) groups excluding carboxylic acids is 1. The van der Waals surface area contributed by atoms with E-state index in [1.54, 1.807) is 0 Å². The fourth-order valence-corrected chi connectivity index (χ4v) is 2.81. The number of unbranched alkanes of at least 4 members (excludes halogenated alkanes) is 8. The van der Waals surface area contributed by atoms with Gasteiger partial charge in [0.15, 0.2) is 0 Å². The van der Waals surface area contributed by atoms with Crippen LogP contribution in [0.25, 0.3) is 0 Å². The number of rotatable bonds is 20. The fourth-order valence-electron chi connectivity index (χ4n) is 2.81. The molecule has 5 nitrogen and oxygen atoms in total. The zero-order valence-electron chi connectivity index (χ0n) is 17.4. The van der Waals surface area contributed by atoms with Gasteiger partial charge < -0.3 is 19.7 Å². The van der Waals surface area contributed by atoms with Crippen LogP contribution in [0.15, 0.2) is 12.2 Å². The van der Waals surface area contributed by atoms with E-state index in [-0.39, 0.29) is 31.9 Å². The molecule has 0 aromatic heterocycles. The SMILES string of the molecule is CCCCCC[C@@H](O)C/C=C/CCCCCCCC(=O)OCCOCCO. The molecule has 0 amide bonds. The van der Waals surface area contributed by atoms with Gasteiger partial charge in [-0.25, -0.2) is 0 Å². The Kier molecular flexibility index (Phi) is 20.7. The number of esters is 1. The van der Waals surface area contributed by atoms with Crippen LogP contribution in [-0.2, 0) is 14.3 Å². The number of hydrogen-bond donors (Lipinski definition) is 2. The summed E-state index contributed by atoms with van der Waals surface area (Å²) in [4.78, 5) is 11.5. The van der Waals surface area contributed by atoms with Crippen molar-refractivity contribution in [3.05, 3.63) is 12.2 Å². The van der Waals surface area contributed by atoms with Gasteiger partial charge in [0.2, 0.25) is 0 Å². The van der Waals surface area contributed by atoms with Gasteiger partial charge in [-0.3, -0.25) is 4.79 Å². The maximum absolute atomic E-state index is 11.5. The van der Waals surface area contributed by atoms with Crippen molar-refractivity contribution in [3.8, 4) is 0 Å². The predicted molar refractivity (Wildman–Crippen MR) is 110 cm³/mol. The Morgan fingerprint density at radius 2 is 1.67 bits per heavy atom. The van der Waals surface area contributed by atoms with Crippen LogP contribution >= 0.6 is 0 Å². The molecule has 0 saturated heterocycles. The average Bonchev–Trinajstić information content (AvgIpc) is 2.66. The van der Waals surface area contributed by atoms with E-state index in [1.165, 1.54) is 25.7 Å². The maximum Gasteiger partial charge on any atom is 0.305 e. The predicted octanol–water partition coefficient (Wildman–Crippen LogP) is 4.55. The van der Waals surface area contributed by atoms with Gasteiger partial charge in [0.25, 0.3) is 0 Å². The first-order valence-corrected chi connectivity index (χ1v) is 10.9. The lowest BCUT2D eigenvalue weighted by molar-refractivity contribution is -0.145. The third kappa shape index (κ3) is 21.2. The Morgan fingerprint density at radius 3 is 2.44 bits per heavy atom. The minimum absolute atomic E-state index is 0.00911. The highest BCUT2D eigenvalue weighted by Crippen LogP contribution is 2.10. The van der Waals surface area contributed by atoms with Gasteiger partial charge in [-0.1, -0.05) is 64.0 Å². The van der Waals surface area contributed by atoms with Crippen molar-refractivity contribution in [1.82, 2.24) is 0 Å². The molecule has 0 radical (unpaired) electrons. The molecule has 0 aromatic rings. The van der Waals surface area contributed by atoms with Crippen LogP contribution in [0.2, 0.25) is 0 Å². The quantitative estimate of drug-likeness (QED) is 0.182. The average molecular weight is 387 g/mol. The van der Waals surface area contributed by atoms with Crippen LogP contribution in [-0.4, -0.2) is 48.7 Å². The molecular weight excluding hydrogens is 344 g/mol. The second kappa shape index (κ2) is 21.4. The molecule has 0 unspecified atom stereocenters. The molecule has 0 saturated carbocycles. The van der Waals surface area contributed by atoms with Crippen molar-refractivity contribution in [3.63, 3.8) is 0 Å².